The molecule has 0 amide bonds. The molecule has 2 aliphatic heterocycles. The first-order chi connectivity index (χ1) is 18.4. The summed E-state index contributed by atoms with van der Waals surface area (Å²) in [6, 6.07) is 15.3. The molecule has 0 spiro atoms. The van der Waals surface area contributed by atoms with Gasteiger partial charge >= 0.3 is 0 Å². The predicted molar refractivity (Wildman–Crippen MR) is 149 cm³/mol. The molecule has 38 heavy (non-hydrogen) atoms. The highest BCUT2D eigenvalue weighted by atomic mass is 32.2. The molecule has 1 saturated heterocycles. The van der Waals surface area contributed by atoms with Gasteiger partial charge in [-0.1, -0.05) is 37.3 Å². The van der Waals surface area contributed by atoms with Crippen molar-refractivity contribution in [2.75, 3.05) is 44.2 Å². The number of benzene rings is 2. The number of hydrogen-bond acceptors (Lipinski definition) is 7. The quantitative estimate of drug-likeness (QED) is 0.356. The van der Waals surface area contributed by atoms with Crippen LogP contribution in [0.4, 0.5) is 10.2 Å². The minimum Gasteiger partial charge on any atom is -0.353 e. The molecule has 0 bridgehead atoms. The van der Waals surface area contributed by atoms with E-state index in [-0.39, 0.29) is 4.90 Å². The molecule has 4 aromatic rings. The summed E-state index contributed by atoms with van der Waals surface area (Å²) in [5.74, 6) is 1.25. The topological polar surface area (TPSA) is 69.6 Å². The second-order valence-electron chi connectivity index (χ2n) is 9.77. The molecule has 10 heteroatoms. The van der Waals surface area contributed by atoms with Crippen LogP contribution in [-0.2, 0) is 29.4 Å². The Bertz CT molecular complexity index is 1550. The summed E-state index contributed by atoms with van der Waals surface area (Å²) in [5.41, 5.74) is 2.50. The molecule has 6 rings (SSSR count). The van der Waals surface area contributed by atoms with Gasteiger partial charge in [0.05, 0.1) is 10.3 Å². The molecule has 0 unspecified atom stereocenters. The van der Waals surface area contributed by atoms with Crippen LogP contribution in [0.2, 0.25) is 0 Å². The highest BCUT2D eigenvalue weighted by Crippen LogP contribution is 2.39. The van der Waals surface area contributed by atoms with E-state index in [1.165, 1.54) is 39.0 Å². The Hall–Kier alpha value is -2.92. The van der Waals surface area contributed by atoms with Gasteiger partial charge in [0, 0.05) is 50.6 Å². The Morgan fingerprint density at radius 1 is 0.947 bits per heavy atom. The number of thiophene rings is 1. The van der Waals surface area contributed by atoms with Crippen LogP contribution in [0, 0.1) is 5.82 Å². The van der Waals surface area contributed by atoms with E-state index in [1.54, 1.807) is 11.3 Å². The van der Waals surface area contributed by atoms with Gasteiger partial charge in [0.15, 0.2) is 0 Å². The van der Waals surface area contributed by atoms with Gasteiger partial charge in [-0.05, 0) is 48.4 Å². The summed E-state index contributed by atoms with van der Waals surface area (Å²) in [7, 11) is -3.68. The second-order valence-corrected chi connectivity index (χ2v) is 12.8. The molecule has 0 radical (unpaired) electrons. The largest absolute Gasteiger partial charge is 0.353 e. The van der Waals surface area contributed by atoms with Gasteiger partial charge in [0.25, 0.3) is 0 Å². The van der Waals surface area contributed by atoms with E-state index in [4.69, 9.17) is 9.97 Å². The van der Waals surface area contributed by atoms with Crippen molar-refractivity contribution >= 4 is 37.4 Å². The smallest absolute Gasteiger partial charge is 0.243 e. The molecule has 0 atom stereocenters. The van der Waals surface area contributed by atoms with Gasteiger partial charge in [-0.2, -0.15) is 4.31 Å². The van der Waals surface area contributed by atoms with Crippen molar-refractivity contribution in [3.8, 4) is 0 Å². The highest BCUT2D eigenvalue weighted by Gasteiger charge is 2.31. The average molecular weight is 552 g/mol. The van der Waals surface area contributed by atoms with Gasteiger partial charge in [-0.3, -0.25) is 4.90 Å². The number of nitrogens with zero attached hydrogens (tertiary/aromatic N) is 5. The average Bonchev–Trinajstić information content (AvgIpc) is 3.31. The minimum absolute atomic E-state index is 0.120. The molecule has 7 nitrogen and oxygen atoms in total. The zero-order chi connectivity index (χ0) is 26.3. The zero-order valence-electron chi connectivity index (χ0n) is 21.3. The number of aromatic nitrogens is 2. The maximum absolute atomic E-state index is 13.4. The molecular formula is C28H30FN5O2S2. The number of fused-ring (bicyclic) bond motifs is 3. The van der Waals surface area contributed by atoms with Crippen LogP contribution in [-0.4, -0.2) is 66.9 Å². The van der Waals surface area contributed by atoms with Gasteiger partial charge in [-0.15, -0.1) is 11.3 Å². The summed E-state index contributed by atoms with van der Waals surface area (Å²) < 4.78 is 41.2. The lowest BCUT2D eigenvalue weighted by Gasteiger charge is -2.35. The number of likely N-dealkylation sites (N-methyl/N-ethyl adjacent to an activating group) is 1. The van der Waals surface area contributed by atoms with Crippen LogP contribution in [0.15, 0.2) is 59.5 Å². The van der Waals surface area contributed by atoms with Crippen LogP contribution >= 0.6 is 11.3 Å². The molecule has 0 N–H and O–H groups in total. The minimum atomic E-state index is -3.68. The summed E-state index contributed by atoms with van der Waals surface area (Å²) in [6.45, 7) is 6.92. The van der Waals surface area contributed by atoms with Crippen molar-refractivity contribution in [3.63, 3.8) is 0 Å². The number of hydrogen-bond donors (Lipinski definition) is 0. The van der Waals surface area contributed by atoms with E-state index in [1.807, 2.05) is 18.2 Å². The fourth-order valence-electron chi connectivity index (χ4n) is 5.32. The predicted octanol–water partition coefficient (Wildman–Crippen LogP) is 4.31. The normalized spacial score (nSPS) is 17.2. The standard InChI is InChI=1S/C28H30FN5O2S2/c1-2-32-13-12-23-24(19-32)37-28-26(23)27(30-25(31-28)18-20-6-4-3-5-7-20)33-14-16-34(17-15-33)38(35,36)22-10-8-21(29)9-11-22/h3-11H,2,12-19H2,1H3. The lowest BCUT2D eigenvalue weighted by atomic mass is 10.0. The maximum Gasteiger partial charge on any atom is 0.243 e. The van der Waals surface area contributed by atoms with Gasteiger partial charge in [0.2, 0.25) is 10.0 Å². The lowest BCUT2D eigenvalue weighted by molar-refractivity contribution is 0.272. The Morgan fingerprint density at radius 3 is 2.39 bits per heavy atom. The molecule has 0 aliphatic carbocycles. The van der Waals surface area contributed by atoms with Gasteiger partial charge < -0.3 is 4.90 Å². The highest BCUT2D eigenvalue weighted by molar-refractivity contribution is 7.89. The Morgan fingerprint density at radius 2 is 1.68 bits per heavy atom. The van der Waals surface area contributed by atoms with E-state index >= 15 is 0 Å². The molecule has 198 valence electrons. The number of piperazine rings is 1. The fourth-order valence-corrected chi connectivity index (χ4v) is 8.02. The van der Waals surface area contributed by atoms with Gasteiger partial charge in [0.1, 0.15) is 22.3 Å². The van der Waals surface area contributed by atoms with E-state index in [9.17, 15) is 12.8 Å². The summed E-state index contributed by atoms with van der Waals surface area (Å²) in [5, 5.41) is 1.13. The lowest BCUT2D eigenvalue weighted by Crippen LogP contribution is -2.49. The first kappa shape index (κ1) is 25.4. The van der Waals surface area contributed by atoms with E-state index in [0.29, 0.717) is 32.6 Å². The maximum atomic E-state index is 13.4. The van der Waals surface area contributed by atoms with Crippen LogP contribution in [0.3, 0.4) is 0 Å². The zero-order valence-corrected chi connectivity index (χ0v) is 22.9. The Balaban J connectivity index is 1.33. The fraction of sp³-hybridized carbons (Fsp3) is 0.357. The van der Waals surface area contributed by atoms with Crippen LogP contribution < -0.4 is 4.90 Å². The summed E-state index contributed by atoms with van der Waals surface area (Å²) in [6.07, 6.45) is 1.61. The van der Waals surface area contributed by atoms with Crippen molar-refractivity contribution in [2.45, 2.75) is 31.2 Å². The third-order valence-corrected chi connectivity index (χ3v) is 10.5. The molecule has 2 aliphatic rings. The first-order valence-corrected chi connectivity index (χ1v) is 15.3. The van der Waals surface area contributed by atoms with Crippen molar-refractivity contribution in [1.29, 1.82) is 0 Å². The van der Waals surface area contributed by atoms with E-state index < -0.39 is 15.8 Å². The Labute approximate surface area is 226 Å². The van der Waals surface area contributed by atoms with Crippen LogP contribution in [0.1, 0.15) is 28.8 Å². The number of anilines is 1. The van der Waals surface area contributed by atoms with Crippen molar-refractivity contribution in [2.24, 2.45) is 0 Å². The monoisotopic (exact) mass is 551 g/mol. The van der Waals surface area contributed by atoms with E-state index in [2.05, 4.69) is 28.9 Å². The van der Waals surface area contributed by atoms with Crippen molar-refractivity contribution in [1.82, 2.24) is 19.2 Å². The van der Waals surface area contributed by atoms with E-state index in [0.717, 1.165) is 53.5 Å². The molecule has 0 saturated carbocycles. The molecule has 1 fully saturated rings. The number of sulfonamides is 1. The number of halogens is 1. The third-order valence-electron chi connectivity index (χ3n) is 7.45. The molecule has 2 aromatic heterocycles. The number of rotatable bonds is 6. The summed E-state index contributed by atoms with van der Waals surface area (Å²) in [4.78, 5) is 17.3. The van der Waals surface area contributed by atoms with Gasteiger partial charge in [-0.25, -0.2) is 22.8 Å². The third kappa shape index (κ3) is 4.82. The van der Waals surface area contributed by atoms with Crippen LogP contribution in [0.25, 0.3) is 10.2 Å². The molecular weight excluding hydrogens is 521 g/mol. The molecule has 4 heterocycles. The van der Waals surface area contributed by atoms with Crippen LogP contribution in [0.5, 0.6) is 0 Å². The second kappa shape index (κ2) is 10.3. The summed E-state index contributed by atoms with van der Waals surface area (Å²) >= 11 is 1.77. The SMILES string of the molecule is CCN1CCc2c(sc3nc(Cc4ccccc4)nc(N4CCN(S(=O)(=O)c5ccc(F)cc5)CC4)c23)C1. The molecule has 2 aromatic carbocycles. The van der Waals surface area contributed by atoms with Crippen molar-refractivity contribution in [3.05, 3.63) is 82.2 Å². The Kier molecular flexibility index (Phi) is 6.90. The van der Waals surface area contributed by atoms with Crippen molar-refractivity contribution < 1.29 is 12.8 Å². The first-order valence-electron chi connectivity index (χ1n) is 13.0.